The molecule has 0 bridgehead atoms. The summed E-state index contributed by atoms with van der Waals surface area (Å²) < 4.78 is 0. The van der Waals surface area contributed by atoms with Crippen LogP contribution in [-0.4, -0.2) is 9.97 Å². The minimum Gasteiger partial charge on any atom is -0.245 e. The Labute approximate surface area is 93.2 Å². The topological polar surface area (TPSA) is 25.8 Å². The zero-order chi connectivity index (χ0) is 10.9. The van der Waals surface area contributed by atoms with Crippen molar-refractivity contribution >= 4 is 0 Å². The van der Waals surface area contributed by atoms with Crippen LogP contribution in [0.25, 0.3) is 0 Å². The van der Waals surface area contributed by atoms with Crippen LogP contribution in [0.2, 0.25) is 0 Å². The molecule has 1 heterocycles. The van der Waals surface area contributed by atoms with Gasteiger partial charge in [0.25, 0.3) is 0 Å². The normalized spacial score (nSPS) is 10.9. The van der Waals surface area contributed by atoms with E-state index in [2.05, 4.69) is 23.8 Å². The number of rotatable bonds is 7. The molecule has 0 aliphatic carbocycles. The fraction of sp³-hybridized carbons (Fsp3) is 0.692. The fourth-order valence-electron chi connectivity index (χ4n) is 1.90. The van der Waals surface area contributed by atoms with Crippen molar-refractivity contribution in [2.24, 2.45) is 0 Å². The second-order valence-electron chi connectivity index (χ2n) is 4.15. The molecule has 0 aliphatic rings. The lowest BCUT2D eigenvalue weighted by Gasteiger charge is -2.15. The first-order valence-electron chi connectivity index (χ1n) is 6.13. The van der Waals surface area contributed by atoms with Crippen molar-refractivity contribution in [2.75, 3.05) is 0 Å². The van der Waals surface area contributed by atoms with Crippen LogP contribution in [0.4, 0.5) is 0 Å². The Kier molecular flexibility index (Phi) is 5.98. The van der Waals surface area contributed by atoms with Gasteiger partial charge >= 0.3 is 0 Å². The predicted octanol–water partition coefficient (Wildman–Crippen LogP) is 3.94. The lowest BCUT2D eigenvalue weighted by atomic mass is 9.91. The standard InChI is InChI=1S/C13H22N2/c1-3-5-7-12(8-6-4-2)13-9-14-11-15-10-13/h9-12H,3-8H2,1-2H3. The highest BCUT2D eigenvalue weighted by Gasteiger charge is 2.10. The summed E-state index contributed by atoms with van der Waals surface area (Å²) in [5, 5.41) is 0. The Morgan fingerprint density at radius 2 is 1.53 bits per heavy atom. The van der Waals surface area contributed by atoms with Gasteiger partial charge in [-0.1, -0.05) is 39.5 Å². The van der Waals surface area contributed by atoms with Gasteiger partial charge < -0.3 is 0 Å². The van der Waals surface area contributed by atoms with Gasteiger partial charge in [0, 0.05) is 12.4 Å². The molecule has 2 nitrogen and oxygen atoms in total. The Morgan fingerprint density at radius 1 is 1.00 bits per heavy atom. The molecular weight excluding hydrogens is 184 g/mol. The third-order valence-corrected chi connectivity index (χ3v) is 2.86. The van der Waals surface area contributed by atoms with Crippen LogP contribution in [0.1, 0.15) is 63.9 Å². The van der Waals surface area contributed by atoms with Crippen molar-refractivity contribution in [1.82, 2.24) is 9.97 Å². The van der Waals surface area contributed by atoms with E-state index in [1.54, 1.807) is 6.33 Å². The van der Waals surface area contributed by atoms with Gasteiger partial charge in [-0.25, -0.2) is 9.97 Å². The molecule has 0 aromatic carbocycles. The molecule has 2 heteroatoms. The van der Waals surface area contributed by atoms with Gasteiger partial charge in [-0.05, 0) is 24.3 Å². The maximum Gasteiger partial charge on any atom is 0.115 e. The Hall–Kier alpha value is -0.920. The number of hydrogen-bond acceptors (Lipinski definition) is 2. The SMILES string of the molecule is CCCCC(CCCC)c1cncnc1. The molecule has 0 fully saturated rings. The van der Waals surface area contributed by atoms with Crippen LogP contribution < -0.4 is 0 Å². The Balaban J connectivity index is 2.55. The molecule has 1 aromatic rings. The van der Waals surface area contributed by atoms with Crippen molar-refractivity contribution in [1.29, 1.82) is 0 Å². The average Bonchev–Trinajstić information content (AvgIpc) is 2.30. The maximum absolute atomic E-state index is 4.11. The average molecular weight is 206 g/mol. The van der Waals surface area contributed by atoms with Crippen molar-refractivity contribution < 1.29 is 0 Å². The Bertz CT molecular complexity index is 238. The van der Waals surface area contributed by atoms with E-state index in [0.29, 0.717) is 5.92 Å². The summed E-state index contributed by atoms with van der Waals surface area (Å²) in [6, 6.07) is 0. The van der Waals surface area contributed by atoms with Crippen LogP contribution in [-0.2, 0) is 0 Å². The first-order chi connectivity index (χ1) is 7.38. The molecule has 0 aliphatic heterocycles. The van der Waals surface area contributed by atoms with Crippen LogP contribution in [0.15, 0.2) is 18.7 Å². The third kappa shape index (κ3) is 4.41. The molecule has 0 saturated heterocycles. The number of nitrogens with zero attached hydrogens (tertiary/aromatic N) is 2. The quantitative estimate of drug-likeness (QED) is 0.675. The Morgan fingerprint density at radius 3 is 2.00 bits per heavy atom. The lowest BCUT2D eigenvalue weighted by molar-refractivity contribution is 0.522. The van der Waals surface area contributed by atoms with E-state index in [-0.39, 0.29) is 0 Å². The minimum absolute atomic E-state index is 0.672. The number of hydrogen-bond donors (Lipinski definition) is 0. The van der Waals surface area contributed by atoms with Crippen molar-refractivity contribution in [3.05, 3.63) is 24.3 Å². The molecule has 0 amide bonds. The van der Waals surface area contributed by atoms with Crippen molar-refractivity contribution in [3.8, 4) is 0 Å². The molecule has 1 rings (SSSR count). The van der Waals surface area contributed by atoms with Crippen LogP contribution >= 0.6 is 0 Å². The summed E-state index contributed by atoms with van der Waals surface area (Å²) in [5.41, 5.74) is 1.32. The second-order valence-corrected chi connectivity index (χ2v) is 4.15. The van der Waals surface area contributed by atoms with Crippen LogP contribution in [0.3, 0.4) is 0 Å². The van der Waals surface area contributed by atoms with Crippen LogP contribution in [0, 0.1) is 0 Å². The summed E-state index contributed by atoms with van der Waals surface area (Å²) >= 11 is 0. The molecule has 1 aromatic heterocycles. The second kappa shape index (κ2) is 7.38. The largest absolute Gasteiger partial charge is 0.245 e. The highest BCUT2D eigenvalue weighted by molar-refractivity contribution is 5.09. The van der Waals surface area contributed by atoms with Gasteiger partial charge in [0.05, 0.1) is 0 Å². The third-order valence-electron chi connectivity index (χ3n) is 2.86. The summed E-state index contributed by atoms with van der Waals surface area (Å²) in [6.45, 7) is 4.50. The van der Waals surface area contributed by atoms with Gasteiger partial charge in [0.15, 0.2) is 0 Å². The van der Waals surface area contributed by atoms with E-state index in [9.17, 15) is 0 Å². The van der Waals surface area contributed by atoms with Gasteiger partial charge in [-0.2, -0.15) is 0 Å². The predicted molar refractivity (Wildman–Crippen MR) is 63.8 cm³/mol. The highest BCUT2D eigenvalue weighted by Crippen LogP contribution is 2.26. The number of aromatic nitrogens is 2. The maximum atomic E-state index is 4.11. The zero-order valence-corrected chi connectivity index (χ0v) is 9.95. The van der Waals surface area contributed by atoms with E-state index < -0.39 is 0 Å². The fourth-order valence-corrected chi connectivity index (χ4v) is 1.90. The molecular formula is C13H22N2. The summed E-state index contributed by atoms with van der Waals surface area (Å²) in [7, 11) is 0. The summed E-state index contributed by atoms with van der Waals surface area (Å²) in [4.78, 5) is 8.22. The van der Waals surface area contributed by atoms with Crippen molar-refractivity contribution in [2.45, 2.75) is 58.3 Å². The van der Waals surface area contributed by atoms with Crippen molar-refractivity contribution in [3.63, 3.8) is 0 Å². The molecule has 84 valence electrons. The minimum atomic E-state index is 0.672. The first kappa shape index (κ1) is 12.2. The smallest absolute Gasteiger partial charge is 0.115 e. The van der Waals surface area contributed by atoms with Crippen LogP contribution in [0.5, 0.6) is 0 Å². The molecule has 0 atom stereocenters. The van der Waals surface area contributed by atoms with E-state index >= 15 is 0 Å². The van der Waals surface area contributed by atoms with E-state index in [1.165, 1.54) is 44.1 Å². The zero-order valence-electron chi connectivity index (χ0n) is 9.95. The van der Waals surface area contributed by atoms with E-state index in [4.69, 9.17) is 0 Å². The molecule has 0 N–H and O–H groups in total. The monoisotopic (exact) mass is 206 g/mol. The summed E-state index contributed by atoms with van der Waals surface area (Å²) in [5.74, 6) is 0.672. The van der Waals surface area contributed by atoms with Gasteiger partial charge in [0.1, 0.15) is 6.33 Å². The molecule has 0 radical (unpaired) electrons. The van der Waals surface area contributed by atoms with Gasteiger partial charge in [-0.3, -0.25) is 0 Å². The molecule has 15 heavy (non-hydrogen) atoms. The molecule has 0 spiro atoms. The molecule has 0 unspecified atom stereocenters. The van der Waals surface area contributed by atoms with E-state index in [0.717, 1.165) is 0 Å². The molecule has 0 saturated carbocycles. The lowest BCUT2D eigenvalue weighted by Crippen LogP contribution is -2.00. The first-order valence-corrected chi connectivity index (χ1v) is 6.13. The van der Waals surface area contributed by atoms with Gasteiger partial charge in [-0.15, -0.1) is 0 Å². The van der Waals surface area contributed by atoms with E-state index in [1.807, 2.05) is 12.4 Å². The van der Waals surface area contributed by atoms with Gasteiger partial charge in [0.2, 0.25) is 0 Å². The number of unbranched alkanes of at least 4 members (excludes halogenated alkanes) is 2. The summed E-state index contributed by atoms with van der Waals surface area (Å²) in [6.07, 6.45) is 13.3. The highest BCUT2D eigenvalue weighted by atomic mass is 14.8.